The molecule has 98 valence electrons. The van der Waals surface area contributed by atoms with E-state index in [0.29, 0.717) is 12.4 Å². The molecule has 1 aliphatic heterocycles. The molecule has 0 aliphatic carbocycles. The van der Waals surface area contributed by atoms with Crippen LogP contribution >= 0.6 is 0 Å². The topological polar surface area (TPSA) is 68.7 Å². The number of carboxylic acid groups (broad SMARTS) is 1. The van der Waals surface area contributed by atoms with Crippen molar-refractivity contribution >= 4 is 5.97 Å². The summed E-state index contributed by atoms with van der Waals surface area (Å²) >= 11 is 0. The molecule has 1 aromatic rings. The smallest absolute Gasteiger partial charge is 0.339 e. The molecule has 0 aromatic carbocycles. The largest absolute Gasteiger partial charge is 0.488 e. The summed E-state index contributed by atoms with van der Waals surface area (Å²) in [6, 6.07) is 1.43. The average Bonchev–Trinajstić information content (AvgIpc) is 2.66. The van der Waals surface area contributed by atoms with Crippen molar-refractivity contribution < 1.29 is 19.4 Å². The molecule has 0 bridgehead atoms. The van der Waals surface area contributed by atoms with E-state index >= 15 is 0 Å². The molecule has 1 unspecified atom stereocenters. The lowest BCUT2D eigenvalue weighted by Crippen LogP contribution is -2.24. The number of nitrogens with zero attached hydrogens (tertiary/aromatic N) is 1. The summed E-state index contributed by atoms with van der Waals surface area (Å²) in [5.41, 5.74) is 0.0146. The molecule has 0 radical (unpaired) electrons. The van der Waals surface area contributed by atoms with Crippen molar-refractivity contribution in [3.8, 4) is 5.75 Å². The number of hydrogen-bond donors (Lipinski definition) is 1. The van der Waals surface area contributed by atoms with Gasteiger partial charge in [0.05, 0.1) is 17.9 Å². The van der Waals surface area contributed by atoms with Gasteiger partial charge in [-0.2, -0.15) is 0 Å². The lowest BCUT2D eigenvalue weighted by molar-refractivity contribution is -0.0328. The van der Waals surface area contributed by atoms with Crippen molar-refractivity contribution in [1.82, 2.24) is 4.98 Å². The van der Waals surface area contributed by atoms with E-state index in [2.05, 4.69) is 4.98 Å². The van der Waals surface area contributed by atoms with E-state index in [1.807, 2.05) is 13.8 Å². The molecule has 0 amide bonds. The fraction of sp³-hybridized carbons (Fsp3) is 0.538. The Morgan fingerprint density at radius 2 is 2.44 bits per heavy atom. The van der Waals surface area contributed by atoms with Gasteiger partial charge >= 0.3 is 5.97 Å². The van der Waals surface area contributed by atoms with Gasteiger partial charge in [-0.1, -0.05) is 0 Å². The summed E-state index contributed by atoms with van der Waals surface area (Å²) in [6.45, 7) is 4.44. The van der Waals surface area contributed by atoms with Crippen LogP contribution in [0.3, 0.4) is 0 Å². The third-order valence-electron chi connectivity index (χ3n) is 2.99. The van der Waals surface area contributed by atoms with Crippen molar-refractivity contribution in [2.24, 2.45) is 0 Å². The summed E-state index contributed by atoms with van der Waals surface area (Å²) in [6.07, 6.45) is 4.78. The molecule has 1 fully saturated rings. The van der Waals surface area contributed by atoms with Crippen molar-refractivity contribution in [1.29, 1.82) is 0 Å². The Bertz CT molecular complexity index is 444. The number of hydrogen-bond acceptors (Lipinski definition) is 4. The molecule has 2 heterocycles. The zero-order chi connectivity index (χ0) is 13.2. The van der Waals surface area contributed by atoms with E-state index in [0.717, 1.165) is 12.8 Å². The Hall–Kier alpha value is -1.62. The molecule has 5 nitrogen and oxygen atoms in total. The summed E-state index contributed by atoms with van der Waals surface area (Å²) < 4.78 is 11.3. The Morgan fingerprint density at radius 3 is 3.06 bits per heavy atom. The lowest BCUT2D eigenvalue weighted by atomic mass is 10.1. The number of ether oxygens (including phenoxy) is 2. The molecule has 1 N–H and O–H groups in total. The zero-order valence-corrected chi connectivity index (χ0v) is 10.5. The van der Waals surface area contributed by atoms with Gasteiger partial charge in [0, 0.05) is 6.20 Å². The van der Waals surface area contributed by atoms with Crippen LogP contribution in [0, 0.1) is 0 Å². The first kappa shape index (κ1) is 12.8. The molecule has 0 saturated carbocycles. The first-order chi connectivity index (χ1) is 8.48. The van der Waals surface area contributed by atoms with E-state index in [1.165, 1.54) is 18.5 Å². The van der Waals surface area contributed by atoms with Gasteiger partial charge in [0.1, 0.15) is 12.2 Å². The standard InChI is InChI=1S/C13H17NO4/c1-13(2)5-3-9(18-13)8-17-11-7-14-6-4-10(11)12(15)16/h4,6-7,9H,3,5,8H2,1-2H3,(H,15,16). The van der Waals surface area contributed by atoms with Crippen LogP contribution in [-0.2, 0) is 4.74 Å². The van der Waals surface area contributed by atoms with E-state index in [4.69, 9.17) is 14.6 Å². The molecular formula is C13H17NO4. The van der Waals surface area contributed by atoms with Crippen molar-refractivity contribution in [3.63, 3.8) is 0 Å². The van der Waals surface area contributed by atoms with Gasteiger partial charge in [-0.25, -0.2) is 4.79 Å². The Morgan fingerprint density at radius 1 is 1.67 bits per heavy atom. The summed E-state index contributed by atoms with van der Waals surface area (Å²) in [7, 11) is 0. The second-order valence-electron chi connectivity index (χ2n) is 5.03. The second-order valence-corrected chi connectivity index (χ2v) is 5.03. The molecule has 1 atom stereocenters. The quantitative estimate of drug-likeness (QED) is 0.887. The number of carboxylic acids is 1. The van der Waals surface area contributed by atoms with Crippen LogP contribution in [0.4, 0.5) is 0 Å². The first-order valence-corrected chi connectivity index (χ1v) is 5.96. The normalized spacial score (nSPS) is 21.8. The van der Waals surface area contributed by atoms with Crippen LogP contribution in [0.25, 0.3) is 0 Å². The molecule has 1 saturated heterocycles. The Balaban J connectivity index is 1.97. The van der Waals surface area contributed by atoms with Crippen LogP contribution in [0.1, 0.15) is 37.0 Å². The van der Waals surface area contributed by atoms with Crippen LogP contribution < -0.4 is 4.74 Å². The molecule has 0 spiro atoms. The molecule has 18 heavy (non-hydrogen) atoms. The number of aromatic nitrogens is 1. The zero-order valence-electron chi connectivity index (χ0n) is 10.5. The number of aromatic carboxylic acids is 1. The van der Waals surface area contributed by atoms with E-state index in [9.17, 15) is 4.79 Å². The molecular weight excluding hydrogens is 234 g/mol. The van der Waals surface area contributed by atoms with Gasteiger partial charge in [-0.15, -0.1) is 0 Å². The second kappa shape index (κ2) is 4.94. The Kier molecular flexibility index (Phi) is 3.52. The monoisotopic (exact) mass is 251 g/mol. The highest BCUT2D eigenvalue weighted by Crippen LogP contribution is 2.29. The Labute approximate surface area is 106 Å². The van der Waals surface area contributed by atoms with E-state index in [-0.39, 0.29) is 17.3 Å². The van der Waals surface area contributed by atoms with Gasteiger partial charge < -0.3 is 14.6 Å². The number of carbonyl (C=O) groups is 1. The fourth-order valence-electron chi connectivity index (χ4n) is 2.05. The highest BCUT2D eigenvalue weighted by Gasteiger charge is 2.32. The van der Waals surface area contributed by atoms with Crippen LogP contribution in [-0.4, -0.2) is 34.4 Å². The highest BCUT2D eigenvalue weighted by atomic mass is 16.6. The maximum atomic E-state index is 11.0. The minimum absolute atomic E-state index is 0.0156. The fourth-order valence-corrected chi connectivity index (χ4v) is 2.05. The van der Waals surface area contributed by atoms with Crippen molar-refractivity contribution in [2.45, 2.75) is 38.4 Å². The number of pyridine rings is 1. The molecule has 1 aromatic heterocycles. The maximum absolute atomic E-state index is 11.0. The third-order valence-corrected chi connectivity index (χ3v) is 2.99. The van der Waals surface area contributed by atoms with Crippen molar-refractivity contribution in [3.05, 3.63) is 24.0 Å². The van der Waals surface area contributed by atoms with Gasteiger partial charge in [-0.05, 0) is 32.8 Å². The van der Waals surface area contributed by atoms with Crippen LogP contribution in [0.5, 0.6) is 5.75 Å². The van der Waals surface area contributed by atoms with Gasteiger partial charge in [-0.3, -0.25) is 4.98 Å². The van der Waals surface area contributed by atoms with Crippen LogP contribution in [0.15, 0.2) is 18.5 Å². The molecule has 1 aliphatic rings. The summed E-state index contributed by atoms with van der Waals surface area (Å²) in [4.78, 5) is 14.9. The SMILES string of the molecule is CC1(C)CCC(COc2cnccc2C(=O)O)O1. The van der Waals surface area contributed by atoms with Crippen LogP contribution in [0.2, 0.25) is 0 Å². The van der Waals surface area contributed by atoms with Gasteiger partial charge in [0.25, 0.3) is 0 Å². The van der Waals surface area contributed by atoms with E-state index in [1.54, 1.807) is 0 Å². The molecule has 2 rings (SSSR count). The summed E-state index contributed by atoms with van der Waals surface area (Å²) in [5.74, 6) is -0.724. The summed E-state index contributed by atoms with van der Waals surface area (Å²) in [5, 5.41) is 9.00. The predicted molar refractivity (Wildman–Crippen MR) is 64.9 cm³/mol. The van der Waals surface area contributed by atoms with Gasteiger partial charge in [0.15, 0.2) is 5.75 Å². The molecule has 5 heteroatoms. The van der Waals surface area contributed by atoms with Crippen molar-refractivity contribution in [2.75, 3.05) is 6.61 Å². The predicted octanol–water partition coefficient (Wildman–Crippen LogP) is 2.12. The highest BCUT2D eigenvalue weighted by molar-refractivity contribution is 5.90. The minimum atomic E-state index is -1.01. The lowest BCUT2D eigenvalue weighted by Gasteiger charge is -2.19. The van der Waals surface area contributed by atoms with Gasteiger partial charge in [0.2, 0.25) is 0 Å². The van der Waals surface area contributed by atoms with E-state index < -0.39 is 5.97 Å². The minimum Gasteiger partial charge on any atom is -0.488 e. The third kappa shape index (κ3) is 2.98. The first-order valence-electron chi connectivity index (χ1n) is 5.96. The number of rotatable bonds is 4. The maximum Gasteiger partial charge on any atom is 0.339 e. The average molecular weight is 251 g/mol.